The van der Waals surface area contributed by atoms with Gasteiger partial charge in [-0.3, -0.25) is 14.5 Å². The zero-order valence-corrected chi connectivity index (χ0v) is 14.9. The van der Waals surface area contributed by atoms with Crippen molar-refractivity contribution in [2.24, 2.45) is 11.8 Å². The Bertz CT molecular complexity index is 488. The number of imide groups is 1. The van der Waals surface area contributed by atoms with Gasteiger partial charge in [-0.05, 0) is 26.7 Å². The topological polar surface area (TPSA) is 57.6 Å². The first kappa shape index (κ1) is 18.4. The average Bonchev–Trinajstić information content (AvgIpc) is 2.78. The van der Waals surface area contributed by atoms with E-state index in [2.05, 4.69) is 13.8 Å². The normalized spacial score (nSPS) is 24.9. The van der Waals surface area contributed by atoms with E-state index in [0.29, 0.717) is 24.4 Å². The van der Waals surface area contributed by atoms with E-state index in [4.69, 9.17) is 11.6 Å². The molecule has 2 rings (SSSR count). The molecule has 1 aliphatic heterocycles. The number of quaternary nitrogens is 1. The largest absolute Gasteiger partial charge is 0.391 e. The fourth-order valence-electron chi connectivity index (χ4n) is 3.86. The standard InChI is InChI=1S/C17H28ClN2O3/c1-3-20(4-2,10-11-21)9-5-8-19-16(22)14-7-6-13(18)12-15(14)17(19)23/h6,14-15,21H,3-5,7-12H2,1-2H3/q+1. The van der Waals surface area contributed by atoms with Crippen LogP contribution in [-0.2, 0) is 9.59 Å². The number of likely N-dealkylation sites (N-methyl/N-ethyl adjacent to an activating group) is 1. The second kappa shape index (κ2) is 7.77. The summed E-state index contributed by atoms with van der Waals surface area (Å²) in [4.78, 5) is 26.4. The number of hydrogen-bond donors (Lipinski definition) is 1. The number of carbonyl (C=O) groups is 2. The maximum Gasteiger partial charge on any atom is 0.233 e. The minimum absolute atomic E-state index is 0.0336. The minimum Gasteiger partial charge on any atom is -0.391 e. The Kier molecular flexibility index (Phi) is 6.23. The third-order valence-corrected chi connectivity index (χ3v) is 5.90. The van der Waals surface area contributed by atoms with Gasteiger partial charge in [0.2, 0.25) is 11.8 Å². The van der Waals surface area contributed by atoms with Gasteiger partial charge in [0.05, 0.1) is 38.1 Å². The average molecular weight is 344 g/mol. The maximum atomic E-state index is 12.5. The summed E-state index contributed by atoms with van der Waals surface area (Å²) in [7, 11) is 0. The lowest BCUT2D eigenvalue weighted by atomic mass is 9.85. The molecule has 1 saturated heterocycles. The molecule has 5 nitrogen and oxygen atoms in total. The Morgan fingerprint density at radius 2 is 1.87 bits per heavy atom. The Balaban J connectivity index is 1.94. The van der Waals surface area contributed by atoms with Crippen LogP contribution in [0.5, 0.6) is 0 Å². The van der Waals surface area contributed by atoms with Crippen molar-refractivity contribution in [2.75, 3.05) is 39.3 Å². The third-order valence-electron chi connectivity index (χ3n) is 5.59. The molecule has 1 heterocycles. The monoisotopic (exact) mass is 343 g/mol. The third kappa shape index (κ3) is 3.78. The molecule has 0 aromatic heterocycles. The first-order chi connectivity index (χ1) is 11.0. The van der Waals surface area contributed by atoms with Gasteiger partial charge in [0, 0.05) is 18.0 Å². The van der Waals surface area contributed by atoms with Crippen molar-refractivity contribution in [1.29, 1.82) is 0 Å². The van der Waals surface area contributed by atoms with Gasteiger partial charge in [-0.15, -0.1) is 0 Å². The fraction of sp³-hybridized carbons (Fsp3) is 0.765. The summed E-state index contributed by atoms with van der Waals surface area (Å²) in [6.07, 6.45) is 3.73. The second-order valence-electron chi connectivity index (χ2n) is 6.63. The quantitative estimate of drug-likeness (QED) is 0.539. The Morgan fingerprint density at radius 1 is 1.22 bits per heavy atom. The van der Waals surface area contributed by atoms with E-state index in [1.807, 2.05) is 6.08 Å². The Hall–Kier alpha value is -0.910. The van der Waals surface area contributed by atoms with Crippen LogP contribution >= 0.6 is 11.6 Å². The molecule has 1 fully saturated rings. The first-order valence-electron chi connectivity index (χ1n) is 8.63. The number of allylic oxidation sites excluding steroid dienone is 2. The molecule has 0 saturated carbocycles. The highest BCUT2D eigenvalue weighted by Crippen LogP contribution is 2.38. The van der Waals surface area contributed by atoms with E-state index in [0.717, 1.165) is 37.1 Å². The van der Waals surface area contributed by atoms with Crippen molar-refractivity contribution in [2.45, 2.75) is 33.1 Å². The zero-order valence-electron chi connectivity index (χ0n) is 14.1. The molecule has 0 aromatic rings. The minimum atomic E-state index is -0.256. The van der Waals surface area contributed by atoms with Crippen LogP contribution in [0.3, 0.4) is 0 Å². The summed E-state index contributed by atoms with van der Waals surface area (Å²) in [5, 5.41) is 9.97. The zero-order chi connectivity index (χ0) is 17.0. The maximum absolute atomic E-state index is 12.5. The molecule has 2 atom stereocenters. The van der Waals surface area contributed by atoms with E-state index >= 15 is 0 Å². The molecule has 130 valence electrons. The summed E-state index contributed by atoms with van der Waals surface area (Å²) < 4.78 is 0.826. The van der Waals surface area contributed by atoms with E-state index in [-0.39, 0.29) is 30.3 Å². The molecule has 1 N–H and O–H groups in total. The molecule has 2 amide bonds. The van der Waals surface area contributed by atoms with E-state index in [1.165, 1.54) is 4.90 Å². The second-order valence-corrected chi connectivity index (χ2v) is 7.12. The highest BCUT2D eigenvalue weighted by Gasteiger charge is 2.48. The number of nitrogens with zero attached hydrogens (tertiary/aromatic N) is 2. The van der Waals surface area contributed by atoms with Gasteiger partial charge in [-0.2, -0.15) is 0 Å². The number of amides is 2. The van der Waals surface area contributed by atoms with E-state index < -0.39 is 0 Å². The summed E-state index contributed by atoms with van der Waals surface area (Å²) in [5.74, 6) is -0.554. The van der Waals surface area contributed by atoms with Gasteiger partial charge in [-0.1, -0.05) is 17.7 Å². The number of rotatable bonds is 8. The summed E-state index contributed by atoms with van der Waals surface area (Å²) in [5.41, 5.74) is 0. The summed E-state index contributed by atoms with van der Waals surface area (Å²) >= 11 is 6.03. The fourth-order valence-corrected chi connectivity index (χ4v) is 4.12. The number of aliphatic hydroxyl groups excluding tert-OH is 1. The van der Waals surface area contributed by atoms with E-state index in [1.54, 1.807) is 0 Å². The van der Waals surface area contributed by atoms with Crippen LogP contribution in [0, 0.1) is 11.8 Å². The number of hydrogen-bond acceptors (Lipinski definition) is 3. The van der Waals surface area contributed by atoms with Gasteiger partial charge in [-0.25, -0.2) is 0 Å². The number of aliphatic hydroxyl groups is 1. The van der Waals surface area contributed by atoms with E-state index in [9.17, 15) is 14.7 Å². The predicted molar refractivity (Wildman–Crippen MR) is 89.6 cm³/mol. The molecule has 2 aliphatic rings. The predicted octanol–water partition coefficient (Wildman–Crippen LogP) is 1.74. The number of halogens is 1. The smallest absolute Gasteiger partial charge is 0.233 e. The molecule has 6 heteroatoms. The number of likely N-dealkylation sites (tertiary alicyclic amines) is 1. The molecule has 0 radical (unpaired) electrons. The lowest BCUT2D eigenvalue weighted by molar-refractivity contribution is -0.925. The molecule has 0 aromatic carbocycles. The van der Waals surface area contributed by atoms with Gasteiger partial charge in [0.15, 0.2) is 0 Å². The Labute approximate surface area is 143 Å². The van der Waals surface area contributed by atoms with Crippen LogP contribution in [0.15, 0.2) is 11.1 Å². The Morgan fingerprint density at radius 3 is 2.48 bits per heavy atom. The molecule has 1 aliphatic carbocycles. The highest BCUT2D eigenvalue weighted by atomic mass is 35.5. The SMILES string of the molecule is CC[N+](CC)(CCO)CCCN1C(=O)C2CC=C(Cl)CC2C1=O. The van der Waals surface area contributed by atoms with Crippen LogP contribution in [-0.4, -0.2) is 65.6 Å². The van der Waals surface area contributed by atoms with Crippen molar-refractivity contribution in [3.05, 3.63) is 11.1 Å². The van der Waals surface area contributed by atoms with Gasteiger partial charge >= 0.3 is 0 Å². The van der Waals surface area contributed by atoms with Crippen LogP contribution in [0.4, 0.5) is 0 Å². The number of carbonyl (C=O) groups excluding carboxylic acids is 2. The molecular weight excluding hydrogens is 316 g/mol. The van der Waals surface area contributed by atoms with Crippen LogP contribution < -0.4 is 0 Å². The molecule has 23 heavy (non-hydrogen) atoms. The van der Waals surface area contributed by atoms with Crippen molar-refractivity contribution >= 4 is 23.4 Å². The lowest BCUT2D eigenvalue weighted by Crippen LogP contribution is -2.51. The first-order valence-corrected chi connectivity index (χ1v) is 9.01. The molecule has 2 unspecified atom stereocenters. The molecule has 0 spiro atoms. The van der Waals surface area contributed by atoms with Crippen LogP contribution in [0.25, 0.3) is 0 Å². The molecule has 0 bridgehead atoms. The van der Waals surface area contributed by atoms with Gasteiger partial charge in [0.1, 0.15) is 6.54 Å². The van der Waals surface area contributed by atoms with Crippen molar-refractivity contribution in [3.8, 4) is 0 Å². The van der Waals surface area contributed by atoms with Crippen LogP contribution in [0.1, 0.15) is 33.1 Å². The molecular formula is C17H28ClN2O3+. The summed E-state index contributed by atoms with van der Waals surface area (Å²) in [6.45, 7) is 8.37. The lowest BCUT2D eigenvalue weighted by Gasteiger charge is -2.36. The van der Waals surface area contributed by atoms with Crippen molar-refractivity contribution in [3.63, 3.8) is 0 Å². The van der Waals surface area contributed by atoms with Crippen LogP contribution in [0.2, 0.25) is 0 Å². The highest BCUT2D eigenvalue weighted by molar-refractivity contribution is 6.30. The van der Waals surface area contributed by atoms with Gasteiger partial charge in [0.25, 0.3) is 0 Å². The van der Waals surface area contributed by atoms with Crippen molar-refractivity contribution in [1.82, 2.24) is 4.90 Å². The summed E-state index contributed by atoms with van der Waals surface area (Å²) in [6, 6.07) is 0. The number of fused-ring (bicyclic) bond motifs is 1. The van der Waals surface area contributed by atoms with Crippen molar-refractivity contribution < 1.29 is 19.2 Å². The van der Waals surface area contributed by atoms with Gasteiger partial charge < -0.3 is 9.59 Å².